The predicted molar refractivity (Wildman–Crippen MR) is 126 cm³/mol. The van der Waals surface area contributed by atoms with Gasteiger partial charge in [-0.25, -0.2) is 4.98 Å². The van der Waals surface area contributed by atoms with E-state index in [1.165, 1.54) is 0 Å². The van der Waals surface area contributed by atoms with Gasteiger partial charge in [0.05, 0.1) is 17.6 Å². The van der Waals surface area contributed by atoms with Gasteiger partial charge in [-0.15, -0.1) is 0 Å². The summed E-state index contributed by atoms with van der Waals surface area (Å²) in [6, 6.07) is 19.7. The van der Waals surface area contributed by atoms with Gasteiger partial charge in [0.15, 0.2) is 0 Å². The third-order valence-corrected chi connectivity index (χ3v) is 6.05. The molecule has 31 heavy (non-hydrogen) atoms. The molecule has 0 radical (unpaired) electrons. The van der Waals surface area contributed by atoms with Gasteiger partial charge in [0.25, 0.3) is 5.91 Å². The molecule has 6 heteroatoms. The van der Waals surface area contributed by atoms with E-state index in [0.717, 1.165) is 59.0 Å². The van der Waals surface area contributed by atoms with Crippen LogP contribution < -0.4 is 10.2 Å². The van der Waals surface area contributed by atoms with Crippen LogP contribution in [0.15, 0.2) is 60.7 Å². The topological polar surface area (TPSA) is 50.2 Å². The molecule has 0 fully saturated rings. The number of benzene rings is 3. The van der Waals surface area contributed by atoms with Crippen LogP contribution in [0, 0.1) is 13.8 Å². The number of aryl methyl sites for hydroxylation is 2. The zero-order valence-corrected chi connectivity index (χ0v) is 18.3. The van der Waals surface area contributed by atoms with E-state index < -0.39 is 0 Å². The maximum Gasteiger partial charge on any atom is 0.255 e. The number of halogens is 1. The first kappa shape index (κ1) is 19.6. The summed E-state index contributed by atoms with van der Waals surface area (Å²) in [5.41, 5.74) is 6.79. The molecule has 1 aliphatic heterocycles. The molecule has 0 saturated carbocycles. The number of nitrogens with zero attached hydrogens (tertiary/aromatic N) is 3. The van der Waals surface area contributed by atoms with Gasteiger partial charge in [0.1, 0.15) is 5.82 Å². The van der Waals surface area contributed by atoms with Gasteiger partial charge < -0.3 is 14.8 Å². The molecule has 0 saturated heterocycles. The van der Waals surface area contributed by atoms with E-state index in [4.69, 9.17) is 16.6 Å². The highest BCUT2D eigenvalue weighted by molar-refractivity contribution is 6.31. The van der Waals surface area contributed by atoms with Crippen molar-refractivity contribution in [2.24, 2.45) is 0 Å². The Kier molecular flexibility index (Phi) is 4.91. The first-order chi connectivity index (χ1) is 15.0. The monoisotopic (exact) mass is 430 g/mol. The molecule has 1 N–H and O–H groups in total. The molecule has 0 unspecified atom stereocenters. The van der Waals surface area contributed by atoms with E-state index in [1.54, 1.807) is 0 Å². The summed E-state index contributed by atoms with van der Waals surface area (Å²) in [7, 11) is 0. The van der Waals surface area contributed by atoms with Crippen molar-refractivity contribution in [3.63, 3.8) is 0 Å². The molecule has 5 nitrogen and oxygen atoms in total. The molecule has 3 aromatic carbocycles. The van der Waals surface area contributed by atoms with Crippen LogP contribution >= 0.6 is 11.6 Å². The van der Waals surface area contributed by atoms with Crippen molar-refractivity contribution in [1.29, 1.82) is 0 Å². The molecule has 4 aromatic rings. The van der Waals surface area contributed by atoms with Crippen LogP contribution in [-0.2, 0) is 13.1 Å². The number of hydrogen-bond donors (Lipinski definition) is 1. The summed E-state index contributed by atoms with van der Waals surface area (Å²) in [5.74, 6) is 0.947. The molecular formula is C25H23ClN4O. The number of fused-ring (bicyclic) bond motifs is 3. The second kappa shape index (κ2) is 7.75. The van der Waals surface area contributed by atoms with Crippen LogP contribution in [0.3, 0.4) is 0 Å². The molecule has 2 heterocycles. The molecule has 1 aromatic heterocycles. The second-order valence-corrected chi connectivity index (χ2v) is 8.49. The average Bonchev–Trinajstić information content (AvgIpc) is 3.11. The van der Waals surface area contributed by atoms with Crippen molar-refractivity contribution >= 4 is 39.9 Å². The zero-order valence-electron chi connectivity index (χ0n) is 17.5. The Morgan fingerprint density at radius 1 is 1.03 bits per heavy atom. The number of aromatic nitrogens is 2. The maximum absolute atomic E-state index is 12.6. The minimum Gasteiger partial charge on any atom is -0.362 e. The van der Waals surface area contributed by atoms with Crippen LogP contribution in [0.25, 0.3) is 11.0 Å². The predicted octanol–water partition coefficient (Wildman–Crippen LogP) is 5.58. The van der Waals surface area contributed by atoms with E-state index >= 15 is 0 Å². The number of nitrogens with one attached hydrogen (secondary N) is 1. The first-order valence-electron chi connectivity index (χ1n) is 10.4. The summed E-state index contributed by atoms with van der Waals surface area (Å²) in [6.07, 6.45) is 0. The Balaban J connectivity index is 1.35. The highest BCUT2D eigenvalue weighted by Crippen LogP contribution is 2.29. The van der Waals surface area contributed by atoms with Gasteiger partial charge in [-0.05, 0) is 67.9 Å². The summed E-state index contributed by atoms with van der Waals surface area (Å²) < 4.78 is 2.27. The minimum absolute atomic E-state index is 0.0927. The number of carbonyl (C=O) groups excluding carboxylic acids is 1. The van der Waals surface area contributed by atoms with E-state index in [2.05, 4.69) is 26.9 Å². The number of imidazole rings is 1. The smallest absolute Gasteiger partial charge is 0.255 e. The lowest BCUT2D eigenvalue weighted by Gasteiger charge is -2.30. The van der Waals surface area contributed by atoms with Crippen molar-refractivity contribution in [1.82, 2.24) is 9.55 Å². The minimum atomic E-state index is -0.0927. The molecule has 0 spiro atoms. The summed E-state index contributed by atoms with van der Waals surface area (Å²) in [5, 5.41) is 3.74. The van der Waals surface area contributed by atoms with Gasteiger partial charge >= 0.3 is 0 Å². The quantitative estimate of drug-likeness (QED) is 0.461. The fourth-order valence-corrected chi connectivity index (χ4v) is 4.35. The highest BCUT2D eigenvalue weighted by Gasteiger charge is 2.21. The van der Waals surface area contributed by atoms with Crippen LogP contribution in [0.5, 0.6) is 0 Å². The molecule has 156 valence electrons. The van der Waals surface area contributed by atoms with Crippen molar-refractivity contribution in [2.45, 2.75) is 26.9 Å². The Morgan fingerprint density at radius 2 is 1.90 bits per heavy atom. The number of carbonyl (C=O) groups is 1. The average molecular weight is 431 g/mol. The summed E-state index contributed by atoms with van der Waals surface area (Å²) in [4.78, 5) is 19.7. The zero-order chi connectivity index (χ0) is 21.5. The largest absolute Gasteiger partial charge is 0.362 e. The summed E-state index contributed by atoms with van der Waals surface area (Å²) in [6.45, 7) is 6.52. The Hall–Kier alpha value is -3.31. The van der Waals surface area contributed by atoms with E-state index in [1.807, 2.05) is 62.4 Å². The lowest BCUT2D eigenvalue weighted by molar-refractivity contribution is 0.102. The normalized spacial score (nSPS) is 13.3. The molecule has 0 bridgehead atoms. The number of hydrogen-bond acceptors (Lipinski definition) is 3. The first-order valence-corrected chi connectivity index (χ1v) is 10.7. The highest BCUT2D eigenvalue weighted by atomic mass is 35.5. The molecule has 0 aliphatic carbocycles. The molecular weight excluding hydrogens is 408 g/mol. The summed E-state index contributed by atoms with van der Waals surface area (Å²) >= 11 is 6.13. The van der Waals surface area contributed by atoms with Crippen molar-refractivity contribution in [2.75, 3.05) is 16.8 Å². The fourth-order valence-electron chi connectivity index (χ4n) is 4.18. The third-order valence-electron chi connectivity index (χ3n) is 5.82. The lowest BCUT2D eigenvalue weighted by atomic mass is 10.1. The standard InChI is InChI=1S/C25H23ClN4O/c1-16-4-3-5-18(12-16)25(31)28-21-8-7-20(13-17(21)2)29-10-11-30-23-9-6-19(26)14-22(23)27-24(30)15-29/h3-9,12-14H,10-11,15H2,1-2H3,(H,28,31). The molecule has 1 aliphatic rings. The maximum atomic E-state index is 12.6. The van der Waals surface area contributed by atoms with Crippen LogP contribution in [0.1, 0.15) is 27.3 Å². The van der Waals surface area contributed by atoms with Crippen LogP contribution in [-0.4, -0.2) is 22.0 Å². The van der Waals surface area contributed by atoms with E-state index in [0.29, 0.717) is 10.6 Å². The molecule has 5 rings (SSSR count). The second-order valence-electron chi connectivity index (χ2n) is 8.06. The van der Waals surface area contributed by atoms with Crippen LogP contribution in [0.4, 0.5) is 11.4 Å². The Bertz CT molecular complexity index is 1310. The third kappa shape index (κ3) is 3.77. The van der Waals surface area contributed by atoms with E-state index in [-0.39, 0.29) is 5.91 Å². The SMILES string of the molecule is Cc1cccc(C(=O)Nc2ccc(N3CCn4c(nc5cc(Cl)ccc54)C3)cc2C)c1. The molecule has 1 amide bonds. The van der Waals surface area contributed by atoms with Gasteiger partial charge in [-0.3, -0.25) is 4.79 Å². The Labute approximate surface area is 186 Å². The lowest BCUT2D eigenvalue weighted by Crippen LogP contribution is -2.33. The molecule has 0 atom stereocenters. The van der Waals surface area contributed by atoms with Gasteiger partial charge in [0, 0.05) is 35.1 Å². The van der Waals surface area contributed by atoms with Crippen molar-refractivity contribution < 1.29 is 4.79 Å². The van der Waals surface area contributed by atoms with Gasteiger partial charge in [0.2, 0.25) is 0 Å². The van der Waals surface area contributed by atoms with E-state index in [9.17, 15) is 4.79 Å². The number of amides is 1. The van der Waals surface area contributed by atoms with Gasteiger partial charge in [-0.2, -0.15) is 0 Å². The Morgan fingerprint density at radius 3 is 2.71 bits per heavy atom. The number of rotatable bonds is 3. The van der Waals surface area contributed by atoms with Crippen molar-refractivity contribution in [3.8, 4) is 0 Å². The van der Waals surface area contributed by atoms with Gasteiger partial charge in [-0.1, -0.05) is 29.3 Å². The number of anilines is 2. The van der Waals surface area contributed by atoms with Crippen molar-refractivity contribution in [3.05, 3.63) is 88.2 Å². The van der Waals surface area contributed by atoms with Crippen LogP contribution in [0.2, 0.25) is 5.02 Å². The fraction of sp³-hybridized carbons (Fsp3) is 0.200.